The predicted octanol–water partition coefficient (Wildman–Crippen LogP) is 5.47. The molecule has 1 unspecified atom stereocenters. The van der Waals surface area contributed by atoms with Crippen LogP contribution in [-0.4, -0.2) is 6.04 Å². The smallest absolute Gasteiger partial charge is 0.102 e. The molecule has 4 aliphatic rings. The Hall–Kier alpha value is -2.11. The van der Waals surface area contributed by atoms with Crippen molar-refractivity contribution in [1.82, 2.24) is 5.32 Å². The molecule has 1 atom stereocenters. The number of nitriles is 1. The Morgan fingerprint density at radius 1 is 0.778 bits per heavy atom. The van der Waals surface area contributed by atoms with E-state index < -0.39 is 0 Å². The van der Waals surface area contributed by atoms with Crippen LogP contribution < -0.4 is 5.32 Å². The van der Waals surface area contributed by atoms with Crippen molar-refractivity contribution in [3.05, 3.63) is 71.8 Å². The Kier molecular flexibility index (Phi) is 4.29. The second-order valence-corrected chi connectivity index (χ2v) is 9.26. The molecule has 4 aliphatic carbocycles. The first-order valence-corrected chi connectivity index (χ1v) is 10.5. The summed E-state index contributed by atoms with van der Waals surface area (Å²) in [6.07, 6.45) is 8.00. The summed E-state index contributed by atoms with van der Waals surface area (Å²) < 4.78 is 0. The van der Waals surface area contributed by atoms with Gasteiger partial charge >= 0.3 is 0 Å². The number of nitrogens with one attached hydrogen (secondary N) is 1. The van der Waals surface area contributed by atoms with Crippen LogP contribution in [0.3, 0.4) is 0 Å². The highest BCUT2D eigenvalue weighted by atomic mass is 15.0. The maximum absolute atomic E-state index is 10.2. The molecule has 2 heteroatoms. The summed E-state index contributed by atoms with van der Waals surface area (Å²) in [5.74, 6) is 2.59. The van der Waals surface area contributed by atoms with Gasteiger partial charge in [-0.25, -0.2) is 0 Å². The van der Waals surface area contributed by atoms with Crippen LogP contribution in [0.1, 0.15) is 55.7 Å². The summed E-state index contributed by atoms with van der Waals surface area (Å²) in [6, 6.07) is 23.9. The fourth-order valence-electron chi connectivity index (χ4n) is 6.72. The average Bonchev–Trinajstić information content (AvgIpc) is 2.69. The second kappa shape index (κ2) is 6.80. The van der Waals surface area contributed by atoms with E-state index in [1.54, 1.807) is 0 Å². The molecule has 138 valence electrons. The monoisotopic (exact) mass is 356 g/mol. The number of hydrogen-bond donors (Lipinski definition) is 1. The second-order valence-electron chi connectivity index (χ2n) is 9.26. The van der Waals surface area contributed by atoms with Crippen molar-refractivity contribution in [2.45, 2.75) is 50.6 Å². The minimum Gasteiger partial charge on any atom is -0.291 e. The zero-order valence-corrected chi connectivity index (χ0v) is 15.9. The van der Waals surface area contributed by atoms with Gasteiger partial charge in [-0.15, -0.1) is 0 Å². The fraction of sp³-hybridized carbons (Fsp3) is 0.480. The molecular weight excluding hydrogens is 328 g/mol. The molecule has 2 nitrogen and oxygen atoms in total. The van der Waals surface area contributed by atoms with Crippen LogP contribution in [0.2, 0.25) is 0 Å². The van der Waals surface area contributed by atoms with Gasteiger partial charge in [0.2, 0.25) is 0 Å². The maximum Gasteiger partial charge on any atom is 0.102 e. The standard InChI is InChI=1S/C25H28N2/c26-17-23(25-14-18-11-19(15-25)13-20(12-18)16-25)27-24(21-7-3-1-4-8-21)22-9-5-2-6-10-22/h1-10,18-20,23-24,27H,11-16H2. The number of rotatable bonds is 5. The van der Waals surface area contributed by atoms with E-state index >= 15 is 0 Å². The highest BCUT2D eigenvalue weighted by molar-refractivity contribution is 5.32. The van der Waals surface area contributed by atoms with E-state index in [0.717, 1.165) is 17.8 Å². The van der Waals surface area contributed by atoms with Crippen molar-refractivity contribution in [2.24, 2.45) is 23.2 Å². The molecule has 4 saturated carbocycles. The molecule has 4 fully saturated rings. The first-order valence-electron chi connectivity index (χ1n) is 10.5. The maximum atomic E-state index is 10.2. The highest BCUT2D eigenvalue weighted by Crippen LogP contribution is 2.61. The lowest BCUT2D eigenvalue weighted by molar-refractivity contribution is -0.0647. The molecule has 2 aromatic rings. The first-order chi connectivity index (χ1) is 13.3. The third kappa shape index (κ3) is 3.09. The Morgan fingerprint density at radius 3 is 1.63 bits per heavy atom. The predicted molar refractivity (Wildman–Crippen MR) is 108 cm³/mol. The van der Waals surface area contributed by atoms with Gasteiger partial charge in [0, 0.05) is 0 Å². The molecule has 0 aliphatic heterocycles. The third-order valence-electron chi connectivity index (χ3n) is 7.43. The molecule has 0 amide bonds. The molecule has 0 saturated heterocycles. The van der Waals surface area contributed by atoms with E-state index in [4.69, 9.17) is 0 Å². The van der Waals surface area contributed by atoms with Crippen molar-refractivity contribution in [1.29, 1.82) is 5.26 Å². The molecule has 0 radical (unpaired) electrons. The van der Waals surface area contributed by atoms with Gasteiger partial charge in [0.05, 0.1) is 12.1 Å². The van der Waals surface area contributed by atoms with E-state index in [-0.39, 0.29) is 17.5 Å². The molecule has 0 heterocycles. The van der Waals surface area contributed by atoms with Gasteiger partial charge in [0.1, 0.15) is 6.04 Å². The molecule has 0 spiro atoms. The van der Waals surface area contributed by atoms with Gasteiger partial charge in [0.25, 0.3) is 0 Å². The zero-order valence-electron chi connectivity index (χ0n) is 15.9. The summed E-state index contributed by atoms with van der Waals surface area (Å²) in [6.45, 7) is 0. The summed E-state index contributed by atoms with van der Waals surface area (Å²) in [5, 5.41) is 14.0. The highest BCUT2D eigenvalue weighted by Gasteiger charge is 2.54. The largest absolute Gasteiger partial charge is 0.291 e. The third-order valence-corrected chi connectivity index (χ3v) is 7.43. The van der Waals surface area contributed by atoms with Crippen molar-refractivity contribution in [2.75, 3.05) is 0 Å². The summed E-state index contributed by atoms with van der Waals surface area (Å²) in [4.78, 5) is 0. The number of nitrogens with zero attached hydrogens (tertiary/aromatic N) is 1. The van der Waals surface area contributed by atoms with Gasteiger partial charge < -0.3 is 0 Å². The lowest BCUT2D eigenvalue weighted by atomic mass is 9.48. The first kappa shape index (κ1) is 17.0. The molecule has 0 aromatic heterocycles. The lowest BCUT2D eigenvalue weighted by Crippen LogP contribution is -2.56. The Bertz CT molecular complexity index is 746. The van der Waals surface area contributed by atoms with Crippen molar-refractivity contribution >= 4 is 0 Å². The van der Waals surface area contributed by atoms with E-state index in [9.17, 15) is 5.26 Å². The van der Waals surface area contributed by atoms with Crippen molar-refractivity contribution in [3.8, 4) is 6.07 Å². The van der Waals surface area contributed by atoms with Crippen LogP contribution in [0.15, 0.2) is 60.7 Å². The minimum atomic E-state index is -0.0729. The van der Waals surface area contributed by atoms with Crippen molar-refractivity contribution < 1.29 is 0 Å². The Morgan fingerprint density at radius 2 is 1.22 bits per heavy atom. The molecule has 2 aromatic carbocycles. The van der Waals surface area contributed by atoms with E-state index in [1.165, 1.54) is 49.7 Å². The SMILES string of the molecule is N#CC(NC(c1ccccc1)c1ccccc1)C12CC3CC(CC(C3)C1)C2. The summed E-state index contributed by atoms with van der Waals surface area (Å²) >= 11 is 0. The van der Waals surface area contributed by atoms with Gasteiger partial charge in [-0.1, -0.05) is 60.7 Å². The van der Waals surface area contributed by atoms with Crippen LogP contribution in [0.4, 0.5) is 0 Å². The van der Waals surface area contributed by atoms with Crippen LogP contribution in [-0.2, 0) is 0 Å². The quantitative estimate of drug-likeness (QED) is 0.770. The lowest BCUT2D eigenvalue weighted by Gasteiger charge is -2.58. The fourth-order valence-corrected chi connectivity index (χ4v) is 6.72. The van der Waals surface area contributed by atoms with Crippen LogP contribution >= 0.6 is 0 Å². The van der Waals surface area contributed by atoms with Crippen LogP contribution in [0, 0.1) is 34.5 Å². The van der Waals surface area contributed by atoms with Gasteiger partial charge in [-0.3, -0.25) is 5.32 Å². The average molecular weight is 357 g/mol. The van der Waals surface area contributed by atoms with Crippen LogP contribution in [0.25, 0.3) is 0 Å². The normalized spacial score (nSPS) is 32.4. The van der Waals surface area contributed by atoms with Crippen LogP contribution in [0.5, 0.6) is 0 Å². The molecular formula is C25H28N2. The van der Waals surface area contributed by atoms with Crippen molar-refractivity contribution in [3.63, 3.8) is 0 Å². The van der Waals surface area contributed by atoms with E-state index in [0.29, 0.717) is 0 Å². The Balaban J connectivity index is 1.47. The zero-order chi connectivity index (χ0) is 18.3. The minimum absolute atomic E-state index is 0.0729. The van der Waals surface area contributed by atoms with Gasteiger partial charge in [0.15, 0.2) is 0 Å². The molecule has 6 rings (SSSR count). The topological polar surface area (TPSA) is 35.8 Å². The summed E-state index contributed by atoms with van der Waals surface area (Å²) in [5.41, 5.74) is 2.67. The van der Waals surface area contributed by atoms with Gasteiger partial charge in [-0.2, -0.15) is 5.26 Å². The molecule has 4 bridgehead atoms. The summed E-state index contributed by atoms with van der Waals surface area (Å²) in [7, 11) is 0. The number of benzene rings is 2. The van der Waals surface area contributed by atoms with E-state index in [1.807, 2.05) is 0 Å². The molecule has 1 N–H and O–H groups in total. The molecule has 27 heavy (non-hydrogen) atoms. The number of hydrogen-bond acceptors (Lipinski definition) is 2. The van der Waals surface area contributed by atoms with E-state index in [2.05, 4.69) is 72.0 Å². The Labute approximate surface area is 162 Å². The van der Waals surface area contributed by atoms with Gasteiger partial charge in [-0.05, 0) is 72.8 Å².